The van der Waals surface area contributed by atoms with Crippen LogP contribution in [-0.2, 0) is 4.84 Å². The molecule has 3 N–H and O–H groups in total. The Balaban J connectivity index is 2.38. The molecule has 1 aliphatic heterocycles. The summed E-state index contributed by atoms with van der Waals surface area (Å²) in [5.74, 6) is 0. The Morgan fingerprint density at radius 1 is 1.60 bits per heavy atom. The number of aliphatic hydroxyl groups is 2. The minimum Gasteiger partial charge on any atom is -0.327 e. The molecule has 30 valence electrons. The molecular weight excluding hydrogens is 74.0 g/mol. The van der Waals surface area contributed by atoms with Crippen LogP contribution in [0.2, 0.25) is 0 Å². The van der Waals surface area contributed by atoms with E-state index >= 15 is 0 Å². The van der Waals surface area contributed by atoms with Crippen molar-refractivity contribution in [2.45, 2.75) is 6.10 Å². The molecule has 4 heteroatoms. The van der Waals surface area contributed by atoms with Gasteiger partial charge < -0.3 is 10.2 Å². The summed E-state index contributed by atoms with van der Waals surface area (Å²) in [6, 6.07) is 0. The molecule has 1 fully saturated rings. The molecule has 0 spiro atoms. The summed E-state index contributed by atoms with van der Waals surface area (Å²) in [5, 5.41) is 15.7. The molecule has 1 rings (SSSR count). The number of nitrogens with one attached hydrogen (secondary N) is 1. The van der Waals surface area contributed by atoms with Crippen LogP contribution in [0.25, 0.3) is 0 Å². The van der Waals surface area contributed by atoms with Crippen molar-refractivity contribution in [2.75, 3.05) is 0 Å². The second-order valence-corrected chi connectivity index (χ2v) is 0.812. The van der Waals surface area contributed by atoms with Crippen molar-refractivity contribution < 1.29 is 15.1 Å². The Morgan fingerprint density at radius 3 is 1.80 bits per heavy atom. The highest BCUT2D eigenvalue weighted by molar-refractivity contribution is 4.44. The fraction of sp³-hybridized carbons (Fsp3) is 1.00. The lowest BCUT2D eigenvalue weighted by atomic mass is 11.2. The largest absolute Gasteiger partial charge is 0.385 e. The summed E-state index contributed by atoms with van der Waals surface area (Å²) in [6.45, 7) is 0. The Bertz CT molecular complexity index is 44.9. The predicted molar refractivity (Wildman–Crippen MR) is 11.4 cm³/mol. The van der Waals surface area contributed by atoms with Crippen LogP contribution in [0, 0.1) is 0 Å². The summed E-state index contributed by atoms with van der Waals surface area (Å²) < 4.78 is 0. The van der Waals surface area contributed by atoms with Crippen molar-refractivity contribution in [1.82, 2.24) is 5.48 Å². The lowest BCUT2D eigenvalue weighted by molar-refractivity contribution is -0.150. The third kappa shape index (κ3) is 0.555. The molecule has 4 nitrogen and oxygen atoms in total. The quantitative estimate of drug-likeness (QED) is 0.233. The van der Waals surface area contributed by atoms with Gasteiger partial charge in [0.1, 0.15) is 0 Å². The molecule has 0 radical (unpaired) electrons. The van der Waals surface area contributed by atoms with E-state index in [1.54, 1.807) is 5.48 Å². The molecule has 5 heavy (non-hydrogen) atoms. The number of hydroxylamine groups is 1. The van der Waals surface area contributed by atoms with Crippen LogP contribution in [0.4, 0.5) is 0 Å². The van der Waals surface area contributed by atoms with Crippen LogP contribution in [0.15, 0.2) is 0 Å². The molecular formula is CH3NO3. The Hall–Kier alpha value is -0.160. The molecule has 1 saturated heterocycles. The molecule has 0 unspecified atom stereocenters. The van der Waals surface area contributed by atoms with E-state index < -0.39 is 6.10 Å². The summed E-state index contributed by atoms with van der Waals surface area (Å²) in [5.41, 5.74) is 1.78. The fourth-order valence-electron chi connectivity index (χ4n) is 0.0456. The molecule has 0 bridgehead atoms. The van der Waals surface area contributed by atoms with E-state index in [1.165, 1.54) is 0 Å². The van der Waals surface area contributed by atoms with Gasteiger partial charge in [0.2, 0.25) is 0 Å². The van der Waals surface area contributed by atoms with E-state index in [0.29, 0.717) is 0 Å². The summed E-state index contributed by atoms with van der Waals surface area (Å²) in [7, 11) is 0. The average Bonchev–Trinajstić information content (AvgIpc) is 1.76. The fourth-order valence-corrected chi connectivity index (χ4v) is 0.0456. The Morgan fingerprint density at radius 2 is 1.80 bits per heavy atom. The second kappa shape index (κ2) is 0.504. The highest BCUT2D eigenvalue weighted by Gasteiger charge is 2.40. The zero-order valence-electron chi connectivity index (χ0n) is 2.30. The van der Waals surface area contributed by atoms with Crippen LogP contribution < -0.4 is 5.48 Å². The van der Waals surface area contributed by atoms with Crippen LogP contribution in [0.5, 0.6) is 0 Å². The first kappa shape index (κ1) is 3.05. The number of hydrogen-bond acceptors (Lipinski definition) is 4. The summed E-state index contributed by atoms with van der Waals surface area (Å²) >= 11 is 0. The molecule has 0 aromatic rings. The van der Waals surface area contributed by atoms with Gasteiger partial charge >= 0.3 is 6.10 Å². The van der Waals surface area contributed by atoms with E-state index in [0.717, 1.165) is 0 Å². The molecule has 0 aromatic carbocycles. The van der Waals surface area contributed by atoms with Crippen molar-refractivity contribution in [2.24, 2.45) is 0 Å². The molecule has 0 aromatic heterocycles. The van der Waals surface area contributed by atoms with E-state index in [9.17, 15) is 0 Å². The van der Waals surface area contributed by atoms with Gasteiger partial charge in [0, 0.05) is 0 Å². The van der Waals surface area contributed by atoms with Crippen molar-refractivity contribution in [3.63, 3.8) is 0 Å². The van der Waals surface area contributed by atoms with E-state index in [-0.39, 0.29) is 0 Å². The predicted octanol–water partition coefficient (Wildman–Crippen LogP) is -1.88. The third-order valence-electron chi connectivity index (χ3n) is 0.285. The lowest BCUT2D eigenvalue weighted by Gasteiger charge is -1.77. The lowest BCUT2D eigenvalue weighted by Crippen LogP contribution is -2.09. The van der Waals surface area contributed by atoms with Crippen molar-refractivity contribution >= 4 is 0 Å². The van der Waals surface area contributed by atoms with Gasteiger partial charge in [-0.25, -0.2) is 4.84 Å². The van der Waals surface area contributed by atoms with E-state index in [4.69, 9.17) is 10.2 Å². The van der Waals surface area contributed by atoms with Crippen LogP contribution in [-0.4, -0.2) is 16.3 Å². The minimum absolute atomic E-state index is 1.78. The second-order valence-electron chi connectivity index (χ2n) is 0.812. The van der Waals surface area contributed by atoms with Crippen molar-refractivity contribution in [3.8, 4) is 0 Å². The van der Waals surface area contributed by atoms with Gasteiger partial charge in [0.05, 0.1) is 0 Å². The van der Waals surface area contributed by atoms with E-state index in [1.807, 2.05) is 0 Å². The first-order valence-corrected chi connectivity index (χ1v) is 1.11. The van der Waals surface area contributed by atoms with E-state index in [2.05, 4.69) is 4.84 Å². The maximum atomic E-state index is 7.85. The van der Waals surface area contributed by atoms with Gasteiger partial charge in [-0.2, -0.15) is 0 Å². The Kier molecular flexibility index (Phi) is 0.307. The van der Waals surface area contributed by atoms with Gasteiger partial charge in [-0.05, 0) is 0 Å². The number of hydrogen-bond donors (Lipinski definition) is 3. The normalized spacial score (nSPS) is 30.0. The monoisotopic (exact) mass is 77.0 g/mol. The summed E-state index contributed by atoms with van der Waals surface area (Å²) in [6.07, 6.45) is -2.00. The molecule has 0 amide bonds. The summed E-state index contributed by atoms with van der Waals surface area (Å²) in [4.78, 5) is 3.76. The van der Waals surface area contributed by atoms with Crippen LogP contribution >= 0.6 is 0 Å². The van der Waals surface area contributed by atoms with Crippen molar-refractivity contribution in [3.05, 3.63) is 0 Å². The zero-order valence-corrected chi connectivity index (χ0v) is 2.30. The van der Waals surface area contributed by atoms with Gasteiger partial charge in [0.25, 0.3) is 0 Å². The first-order valence-electron chi connectivity index (χ1n) is 1.11. The number of rotatable bonds is 0. The SMILES string of the molecule is OC1(O)NO1. The zero-order chi connectivity index (χ0) is 3.91. The van der Waals surface area contributed by atoms with Gasteiger partial charge in [-0.15, -0.1) is 5.48 Å². The maximum Gasteiger partial charge on any atom is 0.385 e. The molecule has 0 atom stereocenters. The van der Waals surface area contributed by atoms with Gasteiger partial charge in [0.15, 0.2) is 0 Å². The van der Waals surface area contributed by atoms with Crippen molar-refractivity contribution in [1.29, 1.82) is 0 Å². The topological polar surface area (TPSA) is 74.9 Å². The van der Waals surface area contributed by atoms with Crippen LogP contribution in [0.3, 0.4) is 0 Å². The molecule has 1 heterocycles. The third-order valence-corrected chi connectivity index (χ3v) is 0.285. The van der Waals surface area contributed by atoms with Gasteiger partial charge in [-0.1, -0.05) is 0 Å². The highest BCUT2D eigenvalue weighted by Crippen LogP contribution is 2.06. The Labute approximate surface area is 27.9 Å². The molecule has 0 saturated carbocycles. The smallest absolute Gasteiger partial charge is 0.327 e. The minimum atomic E-state index is -2.00. The maximum absolute atomic E-state index is 7.85. The average molecular weight is 77.0 g/mol. The van der Waals surface area contributed by atoms with Gasteiger partial charge in [-0.3, -0.25) is 0 Å². The first-order chi connectivity index (χ1) is 2.21. The van der Waals surface area contributed by atoms with Crippen LogP contribution in [0.1, 0.15) is 0 Å². The molecule has 1 aliphatic rings. The molecule has 0 aliphatic carbocycles. The standard InChI is InChI=1S/CH3NO3/c3-1(4)2-5-1/h2-4H. The highest BCUT2D eigenvalue weighted by atomic mass is 17.0.